The van der Waals surface area contributed by atoms with Crippen LogP contribution in [0.5, 0.6) is 0 Å². The van der Waals surface area contributed by atoms with Gasteiger partial charge in [0.15, 0.2) is 11.5 Å². The van der Waals surface area contributed by atoms with Crippen LogP contribution in [-0.2, 0) is 0 Å². The molecule has 1 unspecified atom stereocenters. The van der Waals surface area contributed by atoms with Gasteiger partial charge in [-0.1, -0.05) is 23.2 Å². The molecule has 1 aromatic carbocycles. The normalized spacial score (nSPS) is 15.9. The molecule has 1 N–H and O–H groups in total. The van der Waals surface area contributed by atoms with Crippen molar-refractivity contribution >= 4 is 17.5 Å². The second kappa shape index (κ2) is 8.84. The number of carbonyl (C=O) groups excluding carboxylic acids is 1. The van der Waals surface area contributed by atoms with Crippen LogP contribution < -0.4 is 5.32 Å². The van der Waals surface area contributed by atoms with Crippen LogP contribution in [0.15, 0.2) is 51.4 Å². The number of hydrogen-bond donors (Lipinski definition) is 1. The van der Waals surface area contributed by atoms with Crippen molar-refractivity contribution in [2.45, 2.75) is 32.2 Å². The number of benzene rings is 1. The molecule has 1 amide bonds. The van der Waals surface area contributed by atoms with Crippen molar-refractivity contribution in [2.24, 2.45) is 0 Å². The zero-order valence-corrected chi connectivity index (χ0v) is 17.1. The number of piperidine rings is 1. The Morgan fingerprint density at radius 3 is 2.62 bits per heavy atom. The summed E-state index contributed by atoms with van der Waals surface area (Å²) in [7, 11) is 0. The molecule has 1 fully saturated rings. The predicted molar refractivity (Wildman–Crippen MR) is 111 cm³/mol. The zero-order valence-electron chi connectivity index (χ0n) is 16.4. The van der Waals surface area contributed by atoms with Crippen molar-refractivity contribution in [3.05, 3.63) is 64.7 Å². The quantitative estimate of drug-likeness (QED) is 0.625. The van der Waals surface area contributed by atoms with Gasteiger partial charge in [-0.2, -0.15) is 0 Å². The Labute approximate surface area is 174 Å². The Morgan fingerprint density at radius 2 is 1.93 bits per heavy atom. The Morgan fingerprint density at radius 1 is 1.17 bits per heavy atom. The Kier molecular flexibility index (Phi) is 6.02. The Hall–Kier alpha value is -2.57. The van der Waals surface area contributed by atoms with Crippen LogP contribution in [0.4, 0.5) is 0 Å². The lowest BCUT2D eigenvalue weighted by molar-refractivity contribution is 0.0905. The highest BCUT2D eigenvalue weighted by Gasteiger charge is 2.26. The summed E-state index contributed by atoms with van der Waals surface area (Å²) in [6, 6.07) is 12.8. The fraction of sp³-hybridized carbons (Fsp3) is 0.364. The first-order valence-corrected chi connectivity index (χ1v) is 10.3. The number of amides is 1. The van der Waals surface area contributed by atoms with E-state index in [-0.39, 0.29) is 17.6 Å². The summed E-state index contributed by atoms with van der Waals surface area (Å²) in [4.78, 5) is 15.0. The van der Waals surface area contributed by atoms with Gasteiger partial charge >= 0.3 is 0 Å². The highest BCUT2D eigenvalue weighted by Crippen LogP contribution is 2.26. The molecule has 3 aromatic rings. The van der Waals surface area contributed by atoms with Gasteiger partial charge in [-0.3, -0.25) is 9.69 Å². The van der Waals surface area contributed by atoms with E-state index in [0.717, 1.165) is 43.0 Å². The third-order valence-electron chi connectivity index (χ3n) is 5.25. The van der Waals surface area contributed by atoms with Crippen LogP contribution in [0.25, 0.3) is 11.3 Å². The van der Waals surface area contributed by atoms with Crippen molar-refractivity contribution < 1.29 is 13.7 Å². The van der Waals surface area contributed by atoms with Gasteiger partial charge in [0.2, 0.25) is 0 Å². The highest BCUT2D eigenvalue weighted by molar-refractivity contribution is 6.30. The lowest BCUT2D eigenvalue weighted by Gasteiger charge is -2.33. The standard InChI is InChI=1S/C22H24ClN3O3/c1-15-5-10-20(28-15)19(26-11-3-2-4-12-26)14-24-22(27)18-13-21(29-25-18)16-6-8-17(23)9-7-16/h5-10,13,19H,2-4,11-12,14H2,1H3,(H,24,27). The van der Waals surface area contributed by atoms with E-state index in [4.69, 9.17) is 20.5 Å². The summed E-state index contributed by atoms with van der Waals surface area (Å²) in [6.07, 6.45) is 3.58. The number of likely N-dealkylation sites (tertiary alicyclic amines) is 1. The van der Waals surface area contributed by atoms with E-state index in [9.17, 15) is 4.79 Å². The molecule has 3 heterocycles. The van der Waals surface area contributed by atoms with Crippen molar-refractivity contribution in [1.29, 1.82) is 0 Å². The summed E-state index contributed by atoms with van der Waals surface area (Å²) in [6.45, 7) is 4.40. The first-order valence-electron chi connectivity index (χ1n) is 9.91. The van der Waals surface area contributed by atoms with Gasteiger partial charge in [0.1, 0.15) is 11.5 Å². The van der Waals surface area contributed by atoms with Crippen LogP contribution >= 0.6 is 11.6 Å². The van der Waals surface area contributed by atoms with Gasteiger partial charge in [-0.15, -0.1) is 0 Å². The first-order chi connectivity index (χ1) is 14.1. The summed E-state index contributed by atoms with van der Waals surface area (Å²) in [5, 5.41) is 7.56. The molecule has 2 aromatic heterocycles. The molecule has 0 radical (unpaired) electrons. The fourth-order valence-corrected chi connectivity index (χ4v) is 3.81. The Balaban J connectivity index is 1.44. The minimum absolute atomic E-state index is 0.00980. The maximum atomic E-state index is 12.7. The molecule has 0 bridgehead atoms. The SMILES string of the molecule is Cc1ccc(C(CNC(=O)c2cc(-c3ccc(Cl)cc3)on2)N2CCCCC2)o1. The summed E-state index contributed by atoms with van der Waals surface area (Å²) in [5.74, 6) is 2.02. The molecule has 4 rings (SSSR count). The molecule has 0 spiro atoms. The number of nitrogens with one attached hydrogen (secondary N) is 1. The molecule has 1 saturated heterocycles. The molecule has 152 valence electrons. The smallest absolute Gasteiger partial charge is 0.273 e. The van der Waals surface area contributed by atoms with E-state index < -0.39 is 0 Å². The van der Waals surface area contributed by atoms with E-state index in [1.807, 2.05) is 31.2 Å². The lowest BCUT2D eigenvalue weighted by Crippen LogP contribution is -2.40. The summed E-state index contributed by atoms with van der Waals surface area (Å²) >= 11 is 5.92. The van der Waals surface area contributed by atoms with E-state index in [1.165, 1.54) is 6.42 Å². The van der Waals surface area contributed by atoms with E-state index in [0.29, 0.717) is 17.3 Å². The number of nitrogens with zero attached hydrogens (tertiary/aromatic N) is 2. The summed E-state index contributed by atoms with van der Waals surface area (Å²) in [5.41, 5.74) is 1.07. The third kappa shape index (κ3) is 4.71. The molecular weight excluding hydrogens is 390 g/mol. The molecule has 6 nitrogen and oxygen atoms in total. The Bertz CT molecular complexity index is 958. The minimum atomic E-state index is -0.265. The number of halogens is 1. The fourth-order valence-electron chi connectivity index (χ4n) is 3.68. The molecule has 7 heteroatoms. The summed E-state index contributed by atoms with van der Waals surface area (Å²) < 4.78 is 11.2. The number of furan rings is 1. The highest BCUT2D eigenvalue weighted by atomic mass is 35.5. The number of aryl methyl sites for hydroxylation is 1. The lowest BCUT2D eigenvalue weighted by atomic mass is 10.1. The molecule has 1 aliphatic rings. The average molecular weight is 414 g/mol. The number of rotatable bonds is 6. The second-order valence-corrected chi connectivity index (χ2v) is 7.79. The number of aromatic nitrogens is 1. The van der Waals surface area contributed by atoms with Gasteiger partial charge < -0.3 is 14.3 Å². The van der Waals surface area contributed by atoms with Gasteiger partial charge in [-0.25, -0.2) is 0 Å². The minimum Gasteiger partial charge on any atom is -0.465 e. The monoisotopic (exact) mass is 413 g/mol. The molecule has 0 saturated carbocycles. The third-order valence-corrected chi connectivity index (χ3v) is 5.50. The largest absolute Gasteiger partial charge is 0.465 e. The average Bonchev–Trinajstić information content (AvgIpc) is 3.39. The van der Waals surface area contributed by atoms with Crippen LogP contribution in [0.2, 0.25) is 5.02 Å². The van der Waals surface area contributed by atoms with Crippen LogP contribution in [0.1, 0.15) is 47.3 Å². The van der Waals surface area contributed by atoms with Crippen LogP contribution in [0, 0.1) is 6.92 Å². The van der Waals surface area contributed by atoms with Crippen LogP contribution in [-0.4, -0.2) is 35.6 Å². The topological polar surface area (TPSA) is 71.5 Å². The molecular formula is C22H24ClN3O3. The van der Waals surface area contributed by atoms with Crippen molar-refractivity contribution in [1.82, 2.24) is 15.4 Å². The van der Waals surface area contributed by atoms with Gasteiger partial charge in [0.05, 0.1) is 6.04 Å². The molecule has 0 aliphatic carbocycles. The zero-order chi connectivity index (χ0) is 20.2. The van der Waals surface area contributed by atoms with Crippen molar-refractivity contribution in [2.75, 3.05) is 19.6 Å². The van der Waals surface area contributed by atoms with E-state index >= 15 is 0 Å². The van der Waals surface area contributed by atoms with Crippen LogP contribution in [0.3, 0.4) is 0 Å². The predicted octanol–water partition coefficient (Wildman–Crippen LogP) is 4.85. The van der Waals surface area contributed by atoms with E-state index in [1.54, 1.807) is 18.2 Å². The molecule has 1 aliphatic heterocycles. The molecule has 29 heavy (non-hydrogen) atoms. The maximum Gasteiger partial charge on any atom is 0.273 e. The van der Waals surface area contributed by atoms with Crippen molar-refractivity contribution in [3.63, 3.8) is 0 Å². The van der Waals surface area contributed by atoms with Gasteiger partial charge in [0, 0.05) is 23.2 Å². The van der Waals surface area contributed by atoms with E-state index in [2.05, 4.69) is 15.4 Å². The first kappa shape index (κ1) is 19.7. The number of carbonyl (C=O) groups is 1. The van der Waals surface area contributed by atoms with Crippen molar-refractivity contribution in [3.8, 4) is 11.3 Å². The number of hydrogen-bond acceptors (Lipinski definition) is 5. The van der Waals surface area contributed by atoms with Gasteiger partial charge in [0.25, 0.3) is 5.91 Å². The maximum absolute atomic E-state index is 12.7. The molecule has 1 atom stereocenters. The second-order valence-electron chi connectivity index (χ2n) is 7.35. The van der Waals surface area contributed by atoms with Gasteiger partial charge in [-0.05, 0) is 69.3 Å².